The van der Waals surface area contributed by atoms with Gasteiger partial charge in [0.05, 0.1) is 17.4 Å². The molecule has 3 aromatic rings. The van der Waals surface area contributed by atoms with Crippen LogP contribution in [-0.4, -0.2) is 27.5 Å². The van der Waals surface area contributed by atoms with E-state index in [2.05, 4.69) is 28.3 Å². The smallest absolute Gasteiger partial charge is 0.272 e. The third-order valence-corrected chi connectivity index (χ3v) is 8.05. The minimum atomic E-state index is -0.811. The van der Waals surface area contributed by atoms with E-state index in [0.29, 0.717) is 18.5 Å². The van der Waals surface area contributed by atoms with Crippen molar-refractivity contribution in [1.82, 2.24) is 15.3 Å². The van der Waals surface area contributed by atoms with Gasteiger partial charge in [0.1, 0.15) is 5.82 Å². The summed E-state index contributed by atoms with van der Waals surface area (Å²) in [6, 6.07) is 15.5. The summed E-state index contributed by atoms with van der Waals surface area (Å²) in [6.07, 6.45) is 9.60. The first-order valence-electron chi connectivity index (χ1n) is 13.2. The lowest BCUT2D eigenvalue weighted by atomic mass is 9.66. The molecule has 40 heavy (non-hydrogen) atoms. The SMILES string of the molecule is C[C@]12CC(=CN)C(=Nc3ccc(F)cc3)C=C1CC[C@@H]2CC(NC(=O)c1nccnc1C(N)=O)c1ccccc1. The second kappa shape index (κ2) is 11.2. The van der Waals surface area contributed by atoms with Crippen LogP contribution in [0.5, 0.6) is 0 Å². The highest BCUT2D eigenvalue weighted by Crippen LogP contribution is 2.56. The van der Waals surface area contributed by atoms with E-state index in [-0.39, 0.29) is 34.6 Å². The summed E-state index contributed by atoms with van der Waals surface area (Å²) in [5, 5.41) is 3.09. The standard InChI is InChI=1S/C31H31FN6O2/c1-31-17-20(18-33)26(37-24-11-9-23(32)10-12-24)16-22(31)8-7-21(31)15-25(19-5-3-2-4-6-19)38-30(40)28-27(29(34)39)35-13-14-36-28/h2-6,9-14,16,18,21,25H,7-8,15,17,33H2,1H3,(H2,34,39)(H,38,40)/t21-,25?,31-/m1/s1. The van der Waals surface area contributed by atoms with Crippen molar-refractivity contribution in [2.24, 2.45) is 27.8 Å². The van der Waals surface area contributed by atoms with Gasteiger partial charge in [-0.2, -0.15) is 0 Å². The van der Waals surface area contributed by atoms with Gasteiger partial charge in [0.25, 0.3) is 11.8 Å². The summed E-state index contributed by atoms with van der Waals surface area (Å²) in [5.41, 5.74) is 15.7. The molecule has 1 aromatic heterocycles. The van der Waals surface area contributed by atoms with E-state index in [0.717, 1.165) is 29.7 Å². The normalized spacial score (nSPS) is 22.9. The largest absolute Gasteiger partial charge is 0.404 e. The summed E-state index contributed by atoms with van der Waals surface area (Å²) in [6.45, 7) is 2.24. The highest BCUT2D eigenvalue weighted by Gasteiger charge is 2.46. The number of allylic oxidation sites excluding steroid dienone is 3. The molecule has 2 aliphatic rings. The molecule has 1 fully saturated rings. The Balaban J connectivity index is 1.43. The van der Waals surface area contributed by atoms with Crippen molar-refractivity contribution in [3.63, 3.8) is 0 Å². The number of amides is 2. The number of hydrogen-bond donors (Lipinski definition) is 3. The number of nitrogens with zero attached hydrogens (tertiary/aromatic N) is 3. The van der Waals surface area contributed by atoms with Crippen LogP contribution in [0, 0.1) is 17.2 Å². The maximum absolute atomic E-state index is 13.4. The Hall–Kier alpha value is -4.66. The number of carbonyl (C=O) groups excluding carboxylic acids is 2. The molecule has 3 atom stereocenters. The van der Waals surface area contributed by atoms with Crippen LogP contribution in [0.4, 0.5) is 10.1 Å². The van der Waals surface area contributed by atoms with Gasteiger partial charge in [0.2, 0.25) is 0 Å². The fourth-order valence-electron chi connectivity index (χ4n) is 5.88. The van der Waals surface area contributed by atoms with Gasteiger partial charge in [-0.3, -0.25) is 9.59 Å². The topological polar surface area (TPSA) is 136 Å². The van der Waals surface area contributed by atoms with Crippen molar-refractivity contribution in [1.29, 1.82) is 0 Å². The number of hydrogen-bond acceptors (Lipinski definition) is 6. The molecule has 204 valence electrons. The number of nitrogens with one attached hydrogen (secondary N) is 1. The Labute approximate surface area is 232 Å². The molecule has 0 saturated heterocycles. The van der Waals surface area contributed by atoms with Crippen LogP contribution in [0.3, 0.4) is 0 Å². The average molecular weight is 539 g/mol. The number of carbonyl (C=O) groups is 2. The fourth-order valence-corrected chi connectivity index (χ4v) is 5.88. The highest BCUT2D eigenvalue weighted by atomic mass is 19.1. The molecule has 0 spiro atoms. The van der Waals surface area contributed by atoms with Gasteiger partial charge in [-0.15, -0.1) is 0 Å². The number of fused-ring (bicyclic) bond motifs is 1. The highest BCUT2D eigenvalue weighted by molar-refractivity contribution is 6.11. The lowest BCUT2D eigenvalue weighted by Crippen LogP contribution is -2.36. The lowest BCUT2D eigenvalue weighted by Gasteiger charge is -2.39. The van der Waals surface area contributed by atoms with E-state index in [9.17, 15) is 14.0 Å². The number of aliphatic imine (C=N–C) groups is 1. The van der Waals surface area contributed by atoms with Crippen molar-refractivity contribution in [2.45, 2.75) is 38.6 Å². The monoisotopic (exact) mass is 538 g/mol. The number of benzene rings is 2. The predicted molar refractivity (Wildman–Crippen MR) is 151 cm³/mol. The first-order valence-corrected chi connectivity index (χ1v) is 13.2. The molecule has 9 heteroatoms. The molecule has 5 rings (SSSR count). The molecule has 1 saturated carbocycles. The molecule has 2 amide bonds. The van der Waals surface area contributed by atoms with E-state index in [4.69, 9.17) is 16.5 Å². The fraction of sp³-hybridized carbons (Fsp3) is 0.258. The van der Waals surface area contributed by atoms with Crippen molar-refractivity contribution in [2.75, 3.05) is 0 Å². The Morgan fingerprint density at radius 3 is 2.50 bits per heavy atom. The second-order valence-corrected chi connectivity index (χ2v) is 10.5. The van der Waals surface area contributed by atoms with Gasteiger partial charge < -0.3 is 16.8 Å². The van der Waals surface area contributed by atoms with Crippen LogP contribution in [-0.2, 0) is 0 Å². The molecule has 5 N–H and O–H groups in total. The van der Waals surface area contributed by atoms with E-state index in [1.807, 2.05) is 30.3 Å². The lowest BCUT2D eigenvalue weighted by molar-refractivity contribution is 0.0903. The van der Waals surface area contributed by atoms with Crippen LogP contribution in [0.1, 0.15) is 65.2 Å². The average Bonchev–Trinajstić information content (AvgIpc) is 3.28. The third kappa shape index (κ3) is 5.40. The molecule has 2 aromatic carbocycles. The van der Waals surface area contributed by atoms with Gasteiger partial charge in [-0.1, -0.05) is 42.8 Å². The van der Waals surface area contributed by atoms with Gasteiger partial charge in [-0.05, 0) is 84.7 Å². The van der Waals surface area contributed by atoms with Crippen LogP contribution in [0.25, 0.3) is 0 Å². The minimum absolute atomic E-state index is 0.0955. The maximum atomic E-state index is 13.4. The summed E-state index contributed by atoms with van der Waals surface area (Å²) in [4.78, 5) is 38.0. The molecule has 2 aliphatic carbocycles. The van der Waals surface area contributed by atoms with Crippen molar-refractivity contribution >= 4 is 23.2 Å². The maximum Gasteiger partial charge on any atom is 0.272 e. The zero-order valence-electron chi connectivity index (χ0n) is 22.2. The zero-order valence-corrected chi connectivity index (χ0v) is 22.2. The summed E-state index contributed by atoms with van der Waals surface area (Å²) in [5.74, 6) is -1.40. The van der Waals surface area contributed by atoms with Gasteiger partial charge in [-0.25, -0.2) is 19.4 Å². The second-order valence-electron chi connectivity index (χ2n) is 10.5. The molecular weight excluding hydrogens is 507 g/mol. The van der Waals surface area contributed by atoms with E-state index < -0.39 is 11.8 Å². The number of nitrogens with two attached hydrogens (primary N) is 2. The van der Waals surface area contributed by atoms with Gasteiger partial charge in [0.15, 0.2) is 11.4 Å². The Morgan fingerprint density at radius 1 is 1.12 bits per heavy atom. The van der Waals surface area contributed by atoms with E-state index in [1.54, 1.807) is 18.3 Å². The predicted octanol–water partition coefficient (Wildman–Crippen LogP) is 4.94. The van der Waals surface area contributed by atoms with E-state index in [1.165, 1.54) is 30.1 Å². The summed E-state index contributed by atoms with van der Waals surface area (Å²) < 4.78 is 13.4. The van der Waals surface area contributed by atoms with Crippen LogP contribution in [0.15, 0.2) is 95.4 Å². The van der Waals surface area contributed by atoms with Crippen LogP contribution >= 0.6 is 0 Å². The zero-order chi connectivity index (χ0) is 28.3. The molecule has 0 radical (unpaired) electrons. The van der Waals surface area contributed by atoms with Crippen molar-refractivity contribution in [3.8, 4) is 0 Å². The molecule has 8 nitrogen and oxygen atoms in total. The van der Waals surface area contributed by atoms with Crippen LogP contribution < -0.4 is 16.8 Å². The Kier molecular flexibility index (Phi) is 7.55. The third-order valence-electron chi connectivity index (χ3n) is 8.05. The Bertz CT molecular complexity index is 1520. The van der Waals surface area contributed by atoms with Gasteiger partial charge >= 0.3 is 0 Å². The summed E-state index contributed by atoms with van der Waals surface area (Å²) in [7, 11) is 0. The number of primary amides is 1. The van der Waals surface area contributed by atoms with Gasteiger partial charge in [0, 0.05) is 12.4 Å². The quantitative estimate of drug-likeness (QED) is 0.392. The summed E-state index contributed by atoms with van der Waals surface area (Å²) >= 11 is 0. The van der Waals surface area contributed by atoms with Crippen molar-refractivity contribution in [3.05, 3.63) is 113 Å². The van der Waals surface area contributed by atoms with E-state index >= 15 is 0 Å². The first kappa shape index (κ1) is 26.9. The minimum Gasteiger partial charge on any atom is -0.404 e. The molecule has 1 unspecified atom stereocenters. The number of aromatic nitrogens is 2. The molecule has 0 bridgehead atoms. The van der Waals surface area contributed by atoms with Crippen molar-refractivity contribution < 1.29 is 14.0 Å². The number of halogens is 1. The Morgan fingerprint density at radius 2 is 1.82 bits per heavy atom. The number of rotatable bonds is 7. The molecule has 1 heterocycles. The molecular formula is C31H31FN6O2. The van der Waals surface area contributed by atoms with Crippen LogP contribution in [0.2, 0.25) is 0 Å². The first-order chi connectivity index (χ1) is 19.3. The molecule has 0 aliphatic heterocycles.